The van der Waals surface area contributed by atoms with Crippen LogP contribution in [0.4, 0.5) is 0 Å². The van der Waals surface area contributed by atoms with Crippen LogP contribution < -0.4 is 0 Å². The second-order valence-electron chi connectivity index (χ2n) is 2.64. The van der Waals surface area contributed by atoms with Gasteiger partial charge in [-0.15, -0.1) is 0 Å². The number of aliphatic hydroxyl groups excluding tert-OH is 1. The van der Waals surface area contributed by atoms with E-state index in [-0.39, 0.29) is 13.2 Å². The summed E-state index contributed by atoms with van der Waals surface area (Å²) in [5, 5.41) is 8.84. The zero-order chi connectivity index (χ0) is 8.91. The lowest BCUT2D eigenvalue weighted by molar-refractivity contribution is -0.157. The smallest absolute Gasteiger partial charge is 0.316 e. The van der Waals surface area contributed by atoms with Gasteiger partial charge in [-0.05, 0) is 6.92 Å². The molecule has 11 heavy (non-hydrogen) atoms. The van der Waals surface area contributed by atoms with Crippen LogP contribution in [0.5, 0.6) is 0 Å². The van der Waals surface area contributed by atoms with Crippen molar-refractivity contribution < 1.29 is 19.4 Å². The lowest BCUT2D eigenvalue weighted by atomic mass is 9.93. The van der Waals surface area contributed by atoms with Gasteiger partial charge in [0.1, 0.15) is 5.41 Å². The molecule has 0 saturated carbocycles. The first-order chi connectivity index (χ1) is 5.10. The van der Waals surface area contributed by atoms with Crippen LogP contribution in [0.15, 0.2) is 0 Å². The molecule has 0 amide bonds. The van der Waals surface area contributed by atoms with Gasteiger partial charge in [0.15, 0.2) is 0 Å². The molecule has 0 aliphatic carbocycles. The van der Waals surface area contributed by atoms with Crippen LogP contribution in [0.3, 0.4) is 0 Å². The molecular weight excluding hydrogens is 148 g/mol. The maximum Gasteiger partial charge on any atom is 0.316 e. The van der Waals surface area contributed by atoms with Gasteiger partial charge in [-0.1, -0.05) is 0 Å². The van der Waals surface area contributed by atoms with Crippen molar-refractivity contribution in [2.45, 2.75) is 6.92 Å². The van der Waals surface area contributed by atoms with Crippen molar-refractivity contribution in [1.82, 2.24) is 0 Å². The molecule has 0 bridgehead atoms. The first-order valence-electron chi connectivity index (χ1n) is 3.29. The van der Waals surface area contributed by atoms with Crippen LogP contribution in [0.25, 0.3) is 0 Å². The van der Waals surface area contributed by atoms with Crippen LogP contribution in [0, 0.1) is 5.41 Å². The Kier molecular flexibility index (Phi) is 4.07. The van der Waals surface area contributed by atoms with Gasteiger partial charge < -0.3 is 14.6 Å². The Balaban J connectivity index is 4.19. The summed E-state index contributed by atoms with van der Waals surface area (Å²) in [6.45, 7) is 1.48. The highest BCUT2D eigenvalue weighted by Crippen LogP contribution is 2.16. The minimum absolute atomic E-state index is 0.163. The molecule has 0 heterocycles. The largest absolute Gasteiger partial charge is 0.468 e. The van der Waals surface area contributed by atoms with E-state index in [0.29, 0.717) is 0 Å². The molecule has 0 aromatic carbocycles. The number of carbonyl (C=O) groups excluding carboxylic acids is 1. The summed E-state index contributed by atoms with van der Waals surface area (Å²) >= 11 is 0. The standard InChI is InChI=1S/C7H14O4/c1-7(4-8,5-10-2)6(9)11-3/h8H,4-5H2,1-3H3. The van der Waals surface area contributed by atoms with E-state index < -0.39 is 11.4 Å². The molecule has 0 rings (SSSR count). The van der Waals surface area contributed by atoms with Gasteiger partial charge in [0.2, 0.25) is 0 Å². The molecule has 1 atom stereocenters. The third kappa shape index (κ3) is 2.48. The monoisotopic (exact) mass is 162 g/mol. The number of esters is 1. The van der Waals surface area contributed by atoms with E-state index in [2.05, 4.69) is 4.74 Å². The molecule has 0 aromatic heterocycles. The number of hydrogen-bond donors (Lipinski definition) is 1. The Labute approximate surface area is 66.1 Å². The molecule has 4 nitrogen and oxygen atoms in total. The summed E-state index contributed by atoms with van der Waals surface area (Å²) in [5.41, 5.74) is -0.927. The first-order valence-corrected chi connectivity index (χ1v) is 3.29. The van der Waals surface area contributed by atoms with Crippen molar-refractivity contribution in [2.24, 2.45) is 5.41 Å². The Morgan fingerprint density at radius 1 is 1.55 bits per heavy atom. The Morgan fingerprint density at radius 3 is 2.36 bits per heavy atom. The number of ether oxygens (including phenoxy) is 2. The predicted octanol–water partition coefficient (Wildman–Crippen LogP) is -0.196. The molecule has 0 radical (unpaired) electrons. The van der Waals surface area contributed by atoms with Gasteiger partial charge in [0.05, 0.1) is 20.3 Å². The summed E-state index contributed by atoms with van der Waals surface area (Å²) in [5.74, 6) is -0.457. The van der Waals surface area contributed by atoms with E-state index in [1.54, 1.807) is 6.92 Å². The number of methoxy groups -OCH3 is 2. The van der Waals surface area contributed by atoms with Crippen molar-refractivity contribution in [3.8, 4) is 0 Å². The first kappa shape index (κ1) is 10.4. The van der Waals surface area contributed by atoms with Crippen molar-refractivity contribution in [1.29, 1.82) is 0 Å². The summed E-state index contributed by atoms with van der Waals surface area (Å²) in [6.07, 6.45) is 0. The quantitative estimate of drug-likeness (QED) is 0.582. The molecule has 0 spiro atoms. The summed E-state index contributed by atoms with van der Waals surface area (Å²) in [4.78, 5) is 11.0. The Hall–Kier alpha value is -0.610. The maximum atomic E-state index is 11.0. The number of rotatable bonds is 4. The summed E-state index contributed by atoms with van der Waals surface area (Å²) in [6, 6.07) is 0. The average Bonchev–Trinajstić information content (AvgIpc) is 2.03. The van der Waals surface area contributed by atoms with Gasteiger partial charge in [0.25, 0.3) is 0 Å². The van der Waals surface area contributed by atoms with E-state index in [1.807, 2.05) is 0 Å². The lowest BCUT2D eigenvalue weighted by Crippen LogP contribution is -2.37. The van der Waals surface area contributed by atoms with Crippen LogP contribution >= 0.6 is 0 Å². The van der Waals surface area contributed by atoms with Crippen molar-refractivity contribution in [2.75, 3.05) is 27.4 Å². The van der Waals surface area contributed by atoms with Gasteiger partial charge >= 0.3 is 5.97 Å². The Morgan fingerprint density at radius 2 is 2.09 bits per heavy atom. The fourth-order valence-electron chi connectivity index (χ4n) is 0.734. The molecule has 0 fully saturated rings. The third-order valence-corrected chi connectivity index (χ3v) is 1.49. The zero-order valence-electron chi connectivity index (χ0n) is 7.09. The Bertz CT molecular complexity index is 134. The minimum atomic E-state index is -0.927. The molecule has 0 aliphatic heterocycles. The second kappa shape index (κ2) is 4.31. The fraction of sp³-hybridized carbons (Fsp3) is 0.857. The second-order valence-corrected chi connectivity index (χ2v) is 2.64. The number of hydrogen-bond acceptors (Lipinski definition) is 4. The molecule has 1 unspecified atom stereocenters. The summed E-state index contributed by atoms with van der Waals surface area (Å²) in [7, 11) is 2.75. The van der Waals surface area contributed by atoms with Gasteiger partial charge in [-0.25, -0.2) is 0 Å². The summed E-state index contributed by atoms with van der Waals surface area (Å²) < 4.78 is 9.24. The predicted molar refractivity (Wildman–Crippen MR) is 39.1 cm³/mol. The average molecular weight is 162 g/mol. The van der Waals surface area contributed by atoms with Crippen molar-refractivity contribution >= 4 is 5.97 Å². The molecule has 0 aliphatic rings. The van der Waals surface area contributed by atoms with Crippen LogP contribution in [0.1, 0.15) is 6.92 Å². The lowest BCUT2D eigenvalue weighted by Gasteiger charge is -2.22. The molecule has 66 valence electrons. The topological polar surface area (TPSA) is 55.8 Å². The van der Waals surface area contributed by atoms with E-state index in [0.717, 1.165) is 0 Å². The third-order valence-electron chi connectivity index (χ3n) is 1.49. The normalized spacial score (nSPS) is 15.6. The maximum absolute atomic E-state index is 11.0. The van der Waals surface area contributed by atoms with E-state index in [9.17, 15) is 4.79 Å². The highest BCUT2D eigenvalue weighted by Gasteiger charge is 2.33. The molecule has 0 saturated heterocycles. The van der Waals surface area contributed by atoms with Gasteiger partial charge in [-0.3, -0.25) is 4.79 Å². The molecule has 1 N–H and O–H groups in total. The number of carbonyl (C=O) groups is 1. The SMILES string of the molecule is COCC(C)(CO)C(=O)OC. The molecule has 0 aromatic rings. The van der Waals surface area contributed by atoms with E-state index >= 15 is 0 Å². The van der Waals surface area contributed by atoms with Crippen molar-refractivity contribution in [3.05, 3.63) is 0 Å². The highest BCUT2D eigenvalue weighted by molar-refractivity contribution is 5.76. The van der Waals surface area contributed by atoms with Crippen LogP contribution in [-0.2, 0) is 14.3 Å². The van der Waals surface area contributed by atoms with Crippen LogP contribution in [0.2, 0.25) is 0 Å². The molecular formula is C7H14O4. The molecule has 4 heteroatoms. The fourth-order valence-corrected chi connectivity index (χ4v) is 0.734. The van der Waals surface area contributed by atoms with Crippen LogP contribution in [-0.4, -0.2) is 38.5 Å². The number of aliphatic hydroxyl groups is 1. The van der Waals surface area contributed by atoms with E-state index in [1.165, 1.54) is 14.2 Å². The highest BCUT2D eigenvalue weighted by atomic mass is 16.5. The van der Waals surface area contributed by atoms with E-state index in [4.69, 9.17) is 9.84 Å². The zero-order valence-corrected chi connectivity index (χ0v) is 7.09. The van der Waals surface area contributed by atoms with Gasteiger partial charge in [-0.2, -0.15) is 0 Å². The van der Waals surface area contributed by atoms with Gasteiger partial charge in [0, 0.05) is 7.11 Å². The minimum Gasteiger partial charge on any atom is -0.468 e. The van der Waals surface area contributed by atoms with Crippen molar-refractivity contribution in [3.63, 3.8) is 0 Å².